The van der Waals surface area contributed by atoms with Crippen LogP contribution in [0.5, 0.6) is 0 Å². The van der Waals surface area contributed by atoms with Gasteiger partial charge in [0, 0.05) is 32.3 Å². The maximum atomic E-state index is 12.9. The predicted octanol–water partition coefficient (Wildman–Crippen LogP) is 1.15. The number of nitrogens with one attached hydrogen (secondary N) is 3. The second kappa shape index (κ2) is 8.25. The Labute approximate surface area is 135 Å². The highest BCUT2D eigenvalue weighted by atomic mass is 35.5. The van der Waals surface area contributed by atoms with Gasteiger partial charge in [-0.1, -0.05) is 0 Å². The first kappa shape index (κ1) is 19.4. The van der Waals surface area contributed by atoms with Crippen LogP contribution in [0.2, 0.25) is 0 Å². The molecule has 1 aliphatic heterocycles. The Bertz CT molecular complexity index is 530. The molecule has 11 heteroatoms. The van der Waals surface area contributed by atoms with Crippen LogP contribution in [-0.2, 0) is 11.0 Å². The molecule has 1 aromatic heterocycles. The number of anilines is 1. The van der Waals surface area contributed by atoms with E-state index in [4.69, 9.17) is 0 Å². The van der Waals surface area contributed by atoms with Crippen molar-refractivity contribution in [2.75, 3.05) is 25.0 Å². The van der Waals surface area contributed by atoms with Gasteiger partial charge in [-0.15, -0.1) is 12.4 Å². The molecule has 1 amide bonds. The van der Waals surface area contributed by atoms with E-state index in [1.54, 1.807) is 0 Å². The molecular weight excluding hydrogens is 342 g/mol. The fourth-order valence-electron chi connectivity index (χ4n) is 1.98. The molecule has 0 aliphatic carbocycles. The summed E-state index contributed by atoms with van der Waals surface area (Å²) in [6.07, 6.45) is -4.45. The summed E-state index contributed by atoms with van der Waals surface area (Å²) < 4.78 is 50.3. The summed E-state index contributed by atoms with van der Waals surface area (Å²) in [5, 5.41) is 7.86. The minimum atomic E-state index is -4.54. The quantitative estimate of drug-likeness (QED) is 0.544. The zero-order chi connectivity index (χ0) is 16.2. The van der Waals surface area contributed by atoms with Crippen LogP contribution in [0.1, 0.15) is 12.1 Å². The number of rotatable bonds is 5. The summed E-state index contributed by atoms with van der Waals surface area (Å²) in [6.45, 7) is 0.459. The molecule has 6 nitrogen and oxygen atoms in total. The van der Waals surface area contributed by atoms with Crippen molar-refractivity contribution in [2.45, 2.75) is 24.8 Å². The van der Waals surface area contributed by atoms with Crippen molar-refractivity contribution in [3.05, 3.63) is 18.0 Å². The molecule has 2 atom stereocenters. The lowest BCUT2D eigenvalue weighted by Crippen LogP contribution is -2.42. The maximum Gasteiger partial charge on any atom is 0.433 e. The highest BCUT2D eigenvalue weighted by Gasteiger charge is 2.32. The van der Waals surface area contributed by atoms with Crippen LogP contribution in [0.4, 0.5) is 23.5 Å². The highest BCUT2D eigenvalue weighted by Crippen LogP contribution is 2.27. The first-order valence-electron chi connectivity index (χ1n) is 6.65. The van der Waals surface area contributed by atoms with E-state index in [1.165, 1.54) is 0 Å². The maximum absolute atomic E-state index is 12.9. The normalized spacial score (nSPS) is 20.7. The monoisotopic (exact) mass is 357 g/mol. The van der Waals surface area contributed by atoms with Crippen LogP contribution in [0, 0.1) is 0 Å². The van der Waals surface area contributed by atoms with E-state index in [0.29, 0.717) is 0 Å². The third-order valence-corrected chi connectivity index (χ3v) is 3.05. The molecule has 0 unspecified atom stereocenters. The SMILES string of the molecule is Cl.O=C(NCCNc1nccc(C(F)(F)F)n1)[C@H]1C[C@H](F)CN1. The van der Waals surface area contributed by atoms with Crippen molar-refractivity contribution in [1.29, 1.82) is 0 Å². The summed E-state index contributed by atoms with van der Waals surface area (Å²) in [6, 6.07) is 0.200. The number of hydrogen-bond donors (Lipinski definition) is 3. The fourth-order valence-corrected chi connectivity index (χ4v) is 1.98. The lowest BCUT2D eigenvalue weighted by atomic mass is 10.2. The lowest BCUT2D eigenvalue weighted by molar-refractivity contribution is -0.141. The number of nitrogens with zero attached hydrogens (tertiary/aromatic N) is 2. The molecule has 1 aromatic rings. The number of aromatic nitrogens is 2. The molecule has 1 fully saturated rings. The van der Waals surface area contributed by atoms with E-state index in [0.717, 1.165) is 12.3 Å². The Balaban J connectivity index is 0.00000264. The molecule has 1 saturated heterocycles. The number of carbonyl (C=O) groups is 1. The minimum Gasteiger partial charge on any atom is -0.353 e. The van der Waals surface area contributed by atoms with Crippen LogP contribution in [0.3, 0.4) is 0 Å². The van der Waals surface area contributed by atoms with Crippen molar-refractivity contribution in [3.8, 4) is 0 Å². The van der Waals surface area contributed by atoms with E-state index >= 15 is 0 Å². The van der Waals surface area contributed by atoms with Gasteiger partial charge in [-0.25, -0.2) is 14.4 Å². The molecule has 0 aromatic carbocycles. The van der Waals surface area contributed by atoms with Gasteiger partial charge in [0.05, 0.1) is 6.04 Å². The minimum absolute atomic E-state index is 0. The topological polar surface area (TPSA) is 78.9 Å². The second-order valence-electron chi connectivity index (χ2n) is 4.77. The summed E-state index contributed by atoms with van der Waals surface area (Å²) >= 11 is 0. The largest absolute Gasteiger partial charge is 0.433 e. The van der Waals surface area contributed by atoms with Gasteiger partial charge in [-0.2, -0.15) is 13.2 Å². The van der Waals surface area contributed by atoms with E-state index in [-0.39, 0.29) is 50.3 Å². The van der Waals surface area contributed by atoms with E-state index < -0.39 is 24.1 Å². The Morgan fingerprint density at radius 3 is 2.74 bits per heavy atom. The summed E-state index contributed by atoms with van der Waals surface area (Å²) in [5.41, 5.74) is -1.04. The third kappa shape index (κ3) is 5.79. The molecule has 0 spiro atoms. The van der Waals surface area contributed by atoms with Gasteiger partial charge in [0.1, 0.15) is 11.9 Å². The van der Waals surface area contributed by atoms with Gasteiger partial charge in [-0.05, 0) is 6.07 Å². The number of carbonyl (C=O) groups excluding carboxylic acids is 1. The highest BCUT2D eigenvalue weighted by molar-refractivity contribution is 5.85. The van der Waals surface area contributed by atoms with Crippen molar-refractivity contribution >= 4 is 24.3 Å². The Hall–Kier alpha value is -1.68. The molecule has 0 saturated carbocycles. The summed E-state index contributed by atoms with van der Waals surface area (Å²) in [5.74, 6) is -0.515. The Morgan fingerprint density at radius 2 is 2.13 bits per heavy atom. The number of hydrogen-bond acceptors (Lipinski definition) is 5. The molecular formula is C12H16ClF4N5O. The van der Waals surface area contributed by atoms with Crippen LogP contribution in [-0.4, -0.2) is 47.7 Å². The second-order valence-corrected chi connectivity index (χ2v) is 4.77. The molecule has 2 heterocycles. The predicted molar refractivity (Wildman–Crippen MR) is 77.1 cm³/mol. The Morgan fingerprint density at radius 1 is 1.39 bits per heavy atom. The molecule has 3 N–H and O–H groups in total. The first-order chi connectivity index (χ1) is 10.4. The van der Waals surface area contributed by atoms with E-state index in [1.807, 2.05) is 0 Å². The number of amides is 1. The van der Waals surface area contributed by atoms with Gasteiger partial charge in [0.15, 0.2) is 0 Å². The van der Waals surface area contributed by atoms with Crippen LogP contribution < -0.4 is 16.0 Å². The van der Waals surface area contributed by atoms with Gasteiger partial charge in [0.25, 0.3) is 0 Å². The summed E-state index contributed by atoms with van der Waals surface area (Å²) in [7, 11) is 0. The number of alkyl halides is 4. The zero-order valence-electron chi connectivity index (χ0n) is 11.9. The van der Waals surface area contributed by atoms with Crippen molar-refractivity contribution in [1.82, 2.24) is 20.6 Å². The van der Waals surface area contributed by atoms with Crippen LogP contribution >= 0.6 is 12.4 Å². The first-order valence-corrected chi connectivity index (χ1v) is 6.65. The van der Waals surface area contributed by atoms with Gasteiger partial charge < -0.3 is 16.0 Å². The molecule has 23 heavy (non-hydrogen) atoms. The molecule has 2 rings (SSSR count). The smallest absolute Gasteiger partial charge is 0.353 e. The van der Waals surface area contributed by atoms with Crippen LogP contribution in [0.15, 0.2) is 12.3 Å². The van der Waals surface area contributed by atoms with E-state index in [9.17, 15) is 22.4 Å². The molecule has 0 radical (unpaired) electrons. The molecule has 0 bridgehead atoms. The van der Waals surface area contributed by atoms with Gasteiger partial charge >= 0.3 is 6.18 Å². The fraction of sp³-hybridized carbons (Fsp3) is 0.583. The molecule has 130 valence electrons. The lowest BCUT2D eigenvalue weighted by Gasteiger charge is -2.12. The van der Waals surface area contributed by atoms with Crippen molar-refractivity contribution < 1.29 is 22.4 Å². The van der Waals surface area contributed by atoms with Crippen molar-refractivity contribution in [2.24, 2.45) is 0 Å². The Kier molecular flexibility index (Phi) is 6.95. The standard InChI is InChI=1S/C12H15F4N5O.ClH/c13-7-5-8(20-6-7)10(22)17-3-4-19-11-18-2-1-9(21-11)12(14,15)16;/h1-2,7-8,20H,3-6H2,(H,17,22)(H,18,19,21);1H/t7-,8+;/m0./s1. The zero-order valence-corrected chi connectivity index (χ0v) is 12.7. The van der Waals surface area contributed by atoms with E-state index in [2.05, 4.69) is 25.9 Å². The number of halogens is 5. The van der Waals surface area contributed by atoms with Gasteiger partial charge in [0.2, 0.25) is 11.9 Å². The van der Waals surface area contributed by atoms with Gasteiger partial charge in [-0.3, -0.25) is 4.79 Å². The average Bonchev–Trinajstić information content (AvgIpc) is 2.89. The summed E-state index contributed by atoms with van der Waals surface area (Å²) in [4.78, 5) is 18.6. The third-order valence-electron chi connectivity index (χ3n) is 3.05. The molecule has 1 aliphatic rings. The van der Waals surface area contributed by atoms with Crippen LogP contribution in [0.25, 0.3) is 0 Å². The average molecular weight is 358 g/mol. The van der Waals surface area contributed by atoms with Crippen molar-refractivity contribution in [3.63, 3.8) is 0 Å².